The van der Waals surface area contributed by atoms with Crippen LogP contribution < -0.4 is 0 Å². The Bertz CT molecular complexity index is 276. The van der Waals surface area contributed by atoms with E-state index in [4.69, 9.17) is 0 Å². The van der Waals surface area contributed by atoms with Gasteiger partial charge in [0.25, 0.3) is 0 Å². The van der Waals surface area contributed by atoms with Crippen molar-refractivity contribution < 1.29 is 0 Å². The van der Waals surface area contributed by atoms with Crippen molar-refractivity contribution >= 4 is 38.1 Å². The molecule has 3 radical (unpaired) electrons. The summed E-state index contributed by atoms with van der Waals surface area (Å²) < 4.78 is 0. The van der Waals surface area contributed by atoms with Crippen LogP contribution in [0.15, 0.2) is 42.5 Å². The number of benzene rings is 2. The van der Waals surface area contributed by atoms with Gasteiger partial charge >= 0.3 is 27.3 Å². The molecule has 0 aromatic heterocycles. The van der Waals surface area contributed by atoms with E-state index in [1.165, 1.54) is 10.8 Å². The minimum absolute atomic E-state index is 0. The zero-order valence-corrected chi connectivity index (χ0v) is 11.7. The summed E-state index contributed by atoms with van der Waals surface area (Å²) in [6, 6.07) is 17.4. The predicted octanol–water partition coefficient (Wildman–Crippen LogP) is 1.72. The van der Waals surface area contributed by atoms with Crippen molar-refractivity contribution in [1.29, 1.82) is 0 Å². The number of rotatable bonds is 0. The van der Waals surface area contributed by atoms with Gasteiger partial charge in [0.2, 0.25) is 0 Å². The summed E-state index contributed by atoms with van der Waals surface area (Å²) in [5.74, 6) is 0. The predicted molar refractivity (Wildman–Crippen MR) is 51.3 cm³/mol. The van der Waals surface area contributed by atoms with Crippen LogP contribution in [0.3, 0.4) is 0 Å². The molecule has 0 nitrogen and oxygen atoms in total. The Morgan fingerprint density at radius 1 is 0.909 bits per heavy atom. The second kappa shape index (κ2) is 3.85. The third-order valence-corrected chi connectivity index (χ3v) is 1.57. The third-order valence-electron chi connectivity index (χ3n) is 1.57. The van der Waals surface area contributed by atoms with Crippen molar-refractivity contribution in [1.82, 2.24) is 0 Å². The molecule has 2 aromatic carbocycles. The Hall–Kier alpha value is -0.378. The summed E-state index contributed by atoms with van der Waals surface area (Å²) in [6.45, 7) is 0. The number of hydrogen-bond donors (Lipinski definition) is 0. The molecule has 0 aliphatic carbocycles. The van der Waals surface area contributed by atoms with Crippen molar-refractivity contribution in [3.63, 3.8) is 0 Å². The third kappa shape index (κ3) is 1.80. The van der Waals surface area contributed by atoms with Crippen molar-refractivity contribution in [2.24, 2.45) is 0 Å². The quantitative estimate of drug-likeness (QED) is 0.643. The molecule has 0 bridgehead atoms. The van der Waals surface area contributed by atoms with E-state index in [1.807, 2.05) is 24.3 Å². The topological polar surface area (TPSA) is 0 Å². The van der Waals surface area contributed by atoms with E-state index >= 15 is 0 Å². The molecule has 2 rings (SSSR count). The van der Waals surface area contributed by atoms with E-state index in [0.717, 1.165) is 0 Å². The molecule has 0 fully saturated rings. The van der Waals surface area contributed by atoms with E-state index < -0.39 is 0 Å². The monoisotopic (exact) mass is 337 g/mol. The molecule has 53 valence electrons. The summed E-state index contributed by atoms with van der Waals surface area (Å²) in [5.41, 5.74) is 0. The molecule has 1 heteroatoms. The first-order valence-corrected chi connectivity index (χ1v) is 3.32. The molecule has 0 N–H and O–H groups in total. The van der Waals surface area contributed by atoms with Crippen LogP contribution in [0.4, 0.5) is 0 Å². The van der Waals surface area contributed by atoms with Gasteiger partial charge in [0, 0.05) is 0 Å². The maximum Gasteiger partial charge on any atom is -0.00992 e. The zero-order valence-electron chi connectivity index (χ0n) is 6.25. The Morgan fingerprint density at radius 2 is 1.64 bits per heavy atom. The fourth-order valence-electron chi connectivity index (χ4n) is 1.06. The average molecular weight is 336 g/mol. The summed E-state index contributed by atoms with van der Waals surface area (Å²) in [4.78, 5) is 0. The van der Waals surface area contributed by atoms with Crippen LogP contribution in [0.2, 0.25) is 0 Å². The minimum Gasteiger partial charge on any atom is -0.0616 e. The van der Waals surface area contributed by atoms with E-state index in [-0.39, 0.29) is 27.3 Å². The van der Waals surface area contributed by atoms with E-state index in [2.05, 4.69) is 24.3 Å². The Morgan fingerprint density at radius 3 is 2.45 bits per heavy atom. The van der Waals surface area contributed by atoms with Crippen molar-refractivity contribution in [3.05, 3.63) is 48.5 Å². The minimum atomic E-state index is 0. The Kier molecular flexibility index (Phi) is 3.05. The molecular formula is C10H9Pb. The van der Waals surface area contributed by atoms with Gasteiger partial charge < -0.3 is 0 Å². The molecule has 0 spiro atoms. The normalized spacial score (nSPS) is 9.09. The molecule has 0 amide bonds. The SMILES string of the molecule is [PbH2].[c]1cccc2ccccc12. The van der Waals surface area contributed by atoms with Gasteiger partial charge in [0.1, 0.15) is 0 Å². The van der Waals surface area contributed by atoms with E-state index in [9.17, 15) is 0 Å². The first kappa shape index (κ1) is 8.72. The van der Waals surface area contributed by atoms with Gasteiger partial charge in [0.15, 0.2) is 0 Å². The second-order valence-electron chi connectivity index (χ2n) is 2.26. The first-order valence-electron chi connectivity index (χ1n) is 3.32. The van der Waals surface area contributed by atoms with Crippen LogP contribution in [0.25, 0.3) is 10.8 Å². The molecule has 2 aromatic rings. The fourth-order valence-corrected chi connectivity index (χ4v) is 1.06. The average Bonchev–Trinajstić information content (AvgIpc) is 2.05. The maximum atomic E-state index is 3.15. The molecule has 0 saturated carbocycles. The standard InChI is InChI=1S/C10H7.Pb.2H/c1-2-6-10-8-4-3-7-9(10)5-1;;;/h1-7H;;;. The van der Waals surface area contributed by atoms with Gasteiger partial charge in [-0.2, -0.15) is 0 Å². The number of hydrogen-bond acceptors (Lipinski definition) is 0. The molecule has 0 saturated heterocycles. The van der Waals surface area contributed by atoms with Gasteiger partial charge in [-0.1, -0.05) is 42.5 Å². The zero-order chi connectivity index (χ0) is 6.81. The van der Waals surface area contributed by atoms with Gasteiger partial charge in [0.05, 0.1) is 0 Å². The van der Waals surface area contributed by atoms with E-state index in [1.54, 1.807) is 0 Å². The fraction of sp³-hybridized carbons (Fsp3) is 0. The molecule has 0 atom stereocenters. The van der Waals surface area contributed by atoms with Crippen LogP contribution in [0.5, 0.6) is 0 Å². The van der Waals surface area contributed by atoms with E-state index in [0.29, 0.717) is 0 Å². The largest absolute Gasteiger partial charge is 0.0616 e. The number of fused-ring (bicyclic) bond motifs is 1. The summed E-state index contributed by atoms with van der Waals surface area (Å²) >= 11 is 0. The molecule has 0 aliphatic rings. The summed E-state index contributed by atoms with van der Waals surface area (Å²) in [5, 5.41) is 2.44. The second-order valence-corrected chi connectivity index (χ2v) is 2.26. The van der Waals surface area contributed by atoms with Crippen LogP contribution in [-0.2, 0) is 0 Å². The summed E-state index contributed by atoms with van der Waals surface area (Å²) in [6.07, 6.45) is 0. The molecule has 0 unspecified atom stereocenters. The molecule has 0 heterocycles. The van der Waals surface area contributed by atoms with Crippen LogP contribution in [0.1, 0.15) is 0 Å². The Labute approximate surface area is 86.4 Å². The molecular weight excluding hydrogens is 327 g/mol. The maximum absolute atomic E-state index is 3.15. The molecule has 0 aliphatic heterocycles. The smallest absolute Gasteiger partial charge is 0.00992 e. The van der Waals surface area contributed by atoms with Crippen LogP contribution in [-0.4, -0.2) is 27.3 Å². The Balaban J connectivity index is 0.000000605. The summed E-state index contributed by atoms with van der Waals surface area (Å²) in [7, 11) is 0. The van der Waals surface area contributed by atoms with Gasteiger partial charge in [-0.3, -0.25) is 0 Å². The molecule has 11 heavy (non-hydrogen) atoms. The van der Waals surface area contributed by atoms with Gasteiger partial charge in [-0.05, 0) is 16.8 Å². The van der Waals surface area contributed by atoms with Crippen LogP contribution >= 0.6 is 0 Å². The first-order chi connectivity index (χ1) is 4.97. The van der Waals surface area contributed by atoms with Crippen molar-refractivity contribution in [2.45, 2.75) is 0 Å². The van der Waals surface area contributed by atoms with Gasteiger partial charge in [-0.25, -0.2) is 0 Å². The van der Waals surface area contributed by atoms with Crippen LogP contribution in [0, 0.1) is 6.07 Å². The van der Waals surface area contributed by atoms with Crippen molar-refractivity contribution in [3.8, 4) is 0 Å². The van der Waals surface area contributed by atoms with Gasteiger partial charge in [-0.15, -0.1) is 0 Å². The van der Waals surface area contributed by atoms with Crippen molar-refractivity contribution in [2.75, 3.05) is 0 Å².